The van der Waals surface area contributed by atoms with Crippen LogP contribution < -0.4 is 0 Å². The number of hydrogen-bond acceptors (Lipinski definition) is 3. The summed E-state index contributed by atoms with van der Waals surface area (Å²) in [7, 11) is -7.40. The molecule has 0 saturated carbocycles. The van der Waals surface area contributed by atoms with Gasteiger partial charge < -0.3 is 0 Å². The Hall–Kier alpha value is 2.09. The van der Waals surface area contributed by atoms with Crippen LogP contribution in [0.15, 0.2) is 0 Å². The molecule has 3 heterocycles. The second-order valence-corrected chi connectivity index (χ2v) is 33.5. The fourth-order valence-electron chi connectivity index (χ4n) is 3.10. The second kappa shape index (κ2) is 9.30. The van der Waals surface area contributed by atoms with Crippen molar-refractivity contribution in [2.24, 2.45) is 0 Å². The topological polar surface area (TPSA) is 9.72 Å². The predicted octanol–water partition coefficient (Wildman–Crippen LogP) is 8.51. The summed E-state index contributed by atoms with van der Waals surface area (Å²) in [5.74, 6) is 0. The summed E-state index contributed by atoms with van der Waals surface area (Å²) in [6, 6.07) is 0. The van der Waals surface area contributed by atoms with E-state index in [4.69, 9.17) is 0 Å². The van der Waals surface area contributed by atoms with E-state index in [9.17, 15) is 25.2 Å². The normalized spacial score (nSPS) is 29.0. The first kappa shape index (κ1) is 25.4. The molecule has 3 unspecified atom stereocenters. The third-order valence-corrected chi connectivity index (χ3v) is 21.9. The average molecular weight is 562 g/mol. The van der Waals surface area contributed by atoms with Gasteiger partial charge in [-0.2, -0.15) is 0 Å². The molecule has 3 atom stereocenters. The molecule has 0 aliphatic carbocycles. The molecule has 0 aromatic heterocycles. The van der Waals surface area contributed by atoms with E-state index >= 15 is 0 Å². The molecule has 15 heteroatoms. The number of halogens is 7. The van der Waals surface area contributed by atoms with Gasteiger partial charge in [0.1, 0.15) is 25.3 Å². The molecule has 0 N–H and O–H groups in total. The third-order valence-electron chi connectivity index (χ3n) is 4.16. The Bertz CT molecular complexity index is 424. The van der Waals surface area contributed by atoms with Gasteiger partial charge in [-0.25, -0.2) is 0 Å². The van der Waals surface area contributed by atoms with Crippen LogP contribution in [0.2, 0.25) is 0 Å². The molecule has 0 amide bonds. The van der Waals surface area contributed by atoms with Crippen LogP contribution in [0, 0.1) is 0 Å². The van der Waals surface area contributed by atoms with E-state index in [1.54, 1.807) is 0 Å². The van der Waals surface area contributed by atoms with Crippen molar-refractivity contribution in [2.45, 2.75) is 38.5 Å². The van der Waals surface area contributed by atoms with Crippen LogP contribution in [0.4, 0.5) is 25.2 Å². The maximum atomic E-state index is 9.87. The van der Waals surface area contributed by atoms with E-state index < -0.39 is 12.8 Å². The first-order chi connectivity index (χ1) is 12.2. The monoisotopic (exact) mass is 561 g/mol. The molecule has 3 aliphatic heterocycles. The quantitative estimate of drug-likeness (QED) is 0.238. The van der Waals surface area contributed by atoms with Gasteiger partial charge in [-0.15, -0.1) is 0 Å². The molecule has 0 spiro atoms. The zero-order valence-corrected chi connectivity index (χ0v) is 21.2. The summed E-state index contributed by atoms with van der Waals surface area (Å²) in [4.78, 5) is 0. The Labute approximate surface area is 170 Å². The molecule has 3 fully saturated rings. The minimum absolute atomic E-state index is 0.943. The van der Waals surface area contributed by atoms with Crippen LogP contribution >= 0.6 is 53.6 Å². The summed E-state index contributed by atoms with van der Waals surface area (Å²) in [6.45, 7) is 8.17. The molecular weight excluding hydrogens is 535 g/mol. The van der Waals surface area contributed by atoms with Crippen molar-refractivity contribution in [3.05, 3.63) is 0 Å². The van der Waals surface area contributed by atoms with Crippen LogP contribution in [-0.4, -0.2) is 53.3 Å². The minimum atomic E-state index is -10.7. The summed E-state index contributed by atoms with van der Waals surface area (Å²) in [5, 5.41) is -0.943. The van der Waals surface area contributed by atoms with E-state index in [-0.39, 0.29) is 0 Å². The molecule has 3 saturated heterocycles. The standard InChI is InChI=1S/C12H27BrN3P4.F6P/c13-20(17-14-7-1-2-8-14,18-15-9-3-4-10-15)19-16-11-5-6-12-16;1-7(2,3,4,5)6/h17-19H,1-12H2;/q+1;-1. The molecule has 164 valence electrons. The number of nitrogens with zero attached hydrogens (tertiary/aromatic N) is 3. The van der Waals surface area contributed by atoms with E-state index in [0.29, 0.717) is 0 Å². The van der Waals surface area contributed by atoms with Gasteiger partial charge in [-0.1, -0.05) is 0 Å². The molecular formula is C12H27BrF6N3P5. The first-order valence-corrected chi connectivity index (χ1v) is 20.1. The van der Waals surface area contributed by atoms with Gasteiger partial charge >= 0.3 is 33.0 Å². The van der Waals surface area contributed by atoms with Crippen molar-refractivity contribution >= 4 is 53.6 Å². The van der Waals surface area contributed by atoms with Gasteiger partial charge in [0.15, 0.2) is 20.5 Å². The van der Waals surface area contributed by atoms with E-state index in [1.807, 2.05) is 0 Å². The molecule has 0 bridgehead atoms. The summed E-state index contributed by atoms with van der Waals surface area (Å²) >= 11 is 4.34. The fourth-order valence-corrected chi connectivity index (χ4v) is 26.6. The summed E-state index contributed by atoms with van der Waals surface area (Å²) in [6.07, 6.45) is 8.58. The van der Waals surface area contributed by atoms with Gasteiger partial charge in [0.2, 0.25) is 0 Å². The Balaban J connectivity index is 0.000000321. The fraction of sp³-hybridized carbons (Fsp3) is 1.00. The Kier molecular flexibility index (Phi) is 8.73. The van der Waals surface area contributed by atoms with Crippen molar-refractivity contribution in [1.82, 2.24) is 14.0 Å². The molecule has 3 nitrogen and oxygen atoms in total. The Morgan fingerprint density at radius 2 is 0.741 bits per heavy atom. The summed E-state index contributed by atoms with van der Waals surface area (Å²) < 4.78 is 67.5. The Morgan fingerprint density at radius 1 is 0.556 bits per heavy atom. The number of rotatable bonds is 6. The van der Waals surface area contributed by atoms with Crippen molar-refractivity contribution < 1.29 is 25.2 Å². The molecule has 0 aromatic carbocycles. The Morgan fingerprint density at radius 3 is 0.926 bits per heavy atom. The number of hydrogen-bond donors (Lipinski definition) is 0. The van der Waals surface area contributed by atoms with Gasteiger partial charge in [0.25, 0.3) is 0 Å². The van der Waals surface area contributed by atoms with E-state index in [1.165, 1.54) is 77.8 Å². The van der Waals surface area contributed by atoms with Gasteiger partial charge in [-0.3, -0.25) is 14.0 Å². The van der Waals surface area contributed by atoms with Crippen LogP contribution in [0.3, 0.4) is 0 Å². The zero-order chi connectivity index (χ0) is 20.2. The first-order valence-electron chi connectivity index (χ1n) is 8.92. The van der Waals surface area contributed by atoms with Gasteiger partial charge in [0.05, 0.1) is 0 Å². The second-order valence-electron chi connectivity index (χ2n) is 6.93. The van der Waals surface area contributed by atoms with Gasteiger partial charge in [0, 0.05) is 39.3 Å². The van der Waals surface area contributed by atoms with Crippen molar-refractivity contribution in [2.75, 3.05) is 39.3 Å². The van der Waals surface area contributed by atoms with Crippen molar-refractivity contribution in [1.29, 1.82) is 0 Å². The third kappa shape index (κ3) is 13.2. The molecule has 0 radical (unpaired) electrons. The van der Waals surface area contributed by atoms with Crippen LogP contribution in [0.1, 0.15) is 38.5 Å². The molecule has 3 rings (SSSR count). The van der Waals surface area contributed by atoms with Crippen LogP contribution in [0.5, 0.6) is 0 Å². The zero-order valence-electron chi connectivity index (χ0n) is 14.9. The molecule has 27 heavy (non-hydrogen) atoms. The SMILES string of the molecule is Br[P+](PN1CCCC1)(PN1CCCC1)PN1CCCC1.F[P-](F)(F)(F)(F)F. The van der Waals surface area contributed by atoms with Crippen LogP contribution in [-0.2, 0) is 0 Å². The van der Waals surface area contributed by atoms with Crippen molar-refractivity contribution in [3.8, 4) is 0 Å². The van der Waals surface area contributed by atoms with E-state index in [2.05, 4.69) is 29.5 Å². The van der Waals surface area contributed by atoms with Crippen molar-refractivity contribution in [3.63, 3.8) is 0 Å². The summed E-state index contributed by atoms with van der Waals surface area (Å²) in [5.41, 5.74) is 0. The van der Waals surface area contributed by atoms with Gasteiger partial charge in [-0.05, 0) is 38.5 Å². The predicted molar refractivity (Wildman–Crippen MR) is 117 cm³/mol. The maximum absolute atomic E-state index is 10.7. The molecule has 0 aromatic rings. The molecule has 3 aliphatic rings. The average Bonchev–Trinajstić information content (AvgIpc) is 3.17. The van der Waals surface area contributed by atoms with E-state index in [0.717, 1.165) is 25.3 Å². The van der Waals surface area contributed by atoms with Crippen LogP contribution in [0.25, 0.3) is 0 Å².